The molecule has 0 fully saturated rings. The van der Waals surface area contributed by atoms with Crippen LogP contribution in [-0.2, 0) is 0 Å². The molecular formula is C11H8N2. The Morgan fingerprint density at radius 1 is 1.31 bits per heavy atom. The molecule has 0 saturated carbocycles. The lowest BCUT2D eigenvalue weighted by Gasteiger charge is -1.98. The molecule has 0 aliphatic carbocycles. The second-order valence-electron chi connectivity index (χ2n) is 2.90. The van der Waals surface area contributed by atoms with Crippen molar-refractivity contribution in [2.75, 3.05) is 0 Å². The molecule has 0 amide bonds. The fourth-order valence-corrected chi connectivity index (χ4v) is 1.41. The Hall–Kier alpha value is -1.88. The van der Waals surface area contributed by atoms with Crippen LogP contribution in [0.5, 0.6) is 0 Å². The first-order valence-corrected chi connectivity index (χ1v) is 4.05. The second kappa shape index (κ2) is 2.87. The van der Waals surface area contributed by atoms with Crippen molar-refractivity contribution in [2.45, 2.75) is 6.92 Å². The van der Waals surface area contributed by atoms with Gasteiger partial charge in [-0.25, -0.2) is 0 Å². The first-order valence-electron chi connectivity index (χ1n) is 4.05. The zero-order valence-corrected chi connectivity index (χ0v) is 7.28. The number of fused-ring (bicyclic) bond motifs is 1. The van der Waals surface area contributed by atoms with Gasteiger partial charge in [0, 0.05) is 12.3 Å². The zero-order valence-electron chi connectivity index (χ0n) is 7.28. The van der Waals surface area contributed by atoms with Crippen LogP contribution < -0.4 is 0 Å². The fourth-order valence-electron chi connectivity index (χ4n) is 1.41. The van der Waals surface area contributed by atoms with Crippen molar-refractivity contribution in [2.24, 2.45) is 0 Å². The van der Waals surface area contributed by atoms with Crippen LogP contribution in [0.3, 0.4) is 0 Å². The lowest BCUT2D eigenvalue weighted by molar-refractivity contribution is 1.26. The molecule has 2 heteroatoms. The zero-order chi connectivity index (χ0) is 9.26. The predicted molar refractivity (Wildman–Crippen MR) is 52.7 cm³/mol. The molecule has 0 atom stereocenters. The quantitative estimate of drug-likeness (QED) is 0.552. The molecule has 13 heavy (non-hydrogen) atoms. The van der Waals surface area contributed by atoms with Gasteiger partial charge in [0.1, 0.15) is 5.69 Å². The van der Waals surface area contributed by atoms with Gasteiger partial charge in [-0.2, -0.15) is 0 Å². The van der Waals surface area contributed by atoms with Gasteiger partial charge in [-0.15, -0.1) is 4.98 Å². The molecule has 2 nitrogen and oxygen atoms in total. The Morgan fingerprint density at radius 2 is 2.08 bits per heavy atom. The largest absolute Gasteiger partial charge is 0.361 e. The molecule has 0 unspecified atom stereocenters. The Bertz CT molecular complexity index is 495. The molecule has 0 spiro atoms. The molecule has 0 aliphatic heterocycles. The summed E-state index contributed by atoms with van der Waals surface area (Å²) in [5, 5.41) is 2.20. The maximum absolute atomic E-state index is 6.88. The van der Waals surface area contributed by atoms with Crippen LogP contribution >= 0.6 is 0 Å². The Labute approximate surface area is 76.7 Å². The number of hydrogen-bond donors (Lipinski definition) is 0. The highest BCUT2D eigenvalue weighted by atomic mass is 14.9. The van der Waals surface area contributed by atoms with Crippen LogP contribution in [0.15, 0.2) is 30.3 Å². The van der Waals surface area contributed by atoms with E-state index < -0.39 is 0 Å². The predicted octanol–water partition coefficient (Wildman–Crippen LogP) is 3.09. The number of pyridine rings is 1. The maximum Gasteiger partial charge on any atom is 0.270 e. The molecule has 1 aromatic carbocycles. The summed E-state index contributed by atoms with van der Waals surface area (Å²) >= 11 is 0. The summed E-state index contributed by atoms with van der Waals surface area (Å²) in [4.78, 5) is 7.49. The average Bonchev–Trinajstić information content (AvgIpc) is 2.18. The Kier molecular flexibility index (Phi) is 1.71. The van der Waals surface area contributed by atoms with Gasteiger partial charge in [-0.3, -0.25) is 0 Å². The molecule has 0 N–H and O–H groups in total. The van der Waals surface area contributed by atoms with Crippen molar-refractivity contribution in [3.63, 3.8) is 0 Å². The van der Waals surface area contributed by atoms with E-state index in [4.69, 9.17) is 6.57 Å². The van der Waals surface area contributed by atoms with Crippen LogP contribution in [0.1, 0.15) is 5.69 Å². The minimum atomic E-state index is 0.469. The fraction of sp³-hybridized carbons (Fsp3) is 0.0909. The second-order valence-corrected chi connectivity index (χ2v) is 2.90. The molecule has 62 valence electrons. The van der Waals surface area contributed by atoms with Crippen molar-refractivity contribution in [3.8, 4) is 0 Å². The van der Waals surface area contributed by atoms with Gasteiger partial charge in [0.05, 0.1) is 0 Å². The van der Waals surface area contributed by atoms with E-state index >= 15 is 0 Å². The summed E-state index contributed by atoms with van der Waals surface area (Å²) in [6, 6.07) is 9.78. The SMILES string of the molecule is [C-]#[N+]c1cc2ccccc2c(C)n1. The lowest BCUT2D eigenvalue weighted by Crippen LogP contribution is -1.82. The summed E-state index contributed by atoms with van der Waals surface area (Å²) in [6.07, 6.45) is 0. The summed E-state index contributed by atoms with van der Waals surface area (Å²) in [5.41, 5.74) is 0.920. The molecule has 2 aromatic rings. The summed E-state index contributed by atoms with van der Waals surface area (Å²) in [6.45, 7) is 8.81. The molecule has 2 rings (SSSR count). The van der Waals surface area contributed by atoms with Gasteiger partial charge in [0.2, 0.25) is 0 Å². The van der Waals surface area contributed by atoms with Gasteiger partial charge >= 0.3 is 0 Å². The third-order valence-electron chi connectivity index (χ3n) is 2.03. The van der Waals surface area contributed by atoms with E-state index in [0.29, 0.717) is 5.82 Å². The standard InChI is InChI=1S/C11H8N2/c1-8-10-6-4-3-5-9(10)7-11(12-2)13-8/h3-7H,1H3. The van der Waals surface area contributed by atoms with Crippen molar-refractivity contribution in [1.82, 2.24) is 4.98 Å². The number of benzene rings is 1. The average molecular weight is 168 g/mol. The van der Waals surface area contributed by atoms with Crippen LogP contribution in [-0.4, -0.2) is 4.98 Å². The highest BCUT2D eigenvalue weighted by Gasteiger charge is 2.02. The number of aryl methyl sites for hydroxylation is 1. The molecule has 1 heterocycles. The maximum atomic E-state index is 6.88. The molecule has 1 aromatic heterocycles. The van der Waals surface area contributed by atoms with Gasteiger partial charge < -0.3 is 4.85 Å². The number of aromatic nitrogens is 1. The Morgan fingerprint density at radius 3 is 2.85 bits per heavy atom. The van der Waals surface area contributed by atoms with Crippen molar-refractivity contribution >= 4 is 16.6 Å². The lowest BCUT2D eigenvalue weighted by atomic mass is 10.1. The summed E-state index contributed by atoms with van der Waals surface area (Å²) in [5.74, 6) is 0.469. The number of nitrogens with zero attached hydrogens (tertiary/aromatic N) is 2. The highest BCUT2D eigenvalue weighted by molar-refractivity contribution is 5.86. The van der Waals surface area contributed by atoms with Gasteiger partial charge in [-0.1, -0.05) is 30.8 Å². The van der Waals surface area contributed by atoms with Crippen LogP contribution in [0.25, 0.3) is 15.6 Å². The normalized spacial score (nSPS) is 9.85. The minimum absolute atomic E-state index is 0.469. The van der Waals surface area contributed by atoms with Gasteiger partial charge in [0.15, 0.2) is 0 Å². The Balaban J connectivity index is 2.86. The van der Waals surface area contributed by atoms with Crippen LogP contribution in [0.2, 0.25) is 0 Å². The van der Waals surface area contributed by atoms with E-state index in [1.807, 2.05) is 37.3 Å². The van der Waals surface area contributed by atoms with E-state index in [2.05, 4.69) is 9.83 Å². The molecular weight excluding hydrogens is 160 g/mol. The van der Waals surface area contributed by atoms with Gasteiger partial charge in [-0.05, 0) is 11.5 Å². The van der Waals surface area contributed by atoms with E-state index in [0.717, 1.165) is 16.5 Å². The molecule has 0 saturated heterocycles. The van der Waals surface area contributed by atoms with Crippen LogP contribution in [0, 0.1) is 13.5 Å². The molecule has 0 radical (unpaired) electrons. The molecule has 0 bridgehead atoms. The third kappa shape index (κ3) is 1.25. The van der Waals surface area contributed by atoms with Crippen LogP contribution in [0.4, 0.5) is 5.82 Å². The first-order chi connectivity index (χ1) is 6.31. The first kappa shape index (κ1) is 7.75. The third-order valence-corrected chi connectivity index (χ3v) is 2.03. The molecule has 0 aliphatic rings. The summed E-state index contributed by atoms with van der Waals surface area (Å²) in [7, 11) is 0. The van der Waals surface area contributed by atoms with E-state index in [1.165, 1.54) is 0 Å². The van der Waals surface area contributed by atoms with Crippen molar-refractivity contribution < 1.29 is 0 Å². The topological polar surface area (TPSA) is 17.2 Å². The smallest absolute Gasteiger partial charge is 0.270 e. The van der Waals surface area contributed by atoms with Crippen molar-refractivity contribution in [1.29, 1.82) is 0 Å². The number of rotatable bonds is 0. The summed E-state index contributed by atoms with van der Waals surface area (Å²) < 4.78 is 0. The highest BCUT2D eigenvalue weighted by Crippen LogP contribution is 2.21. The van der Waals surface area contributed by atoms with Crippen molar-refractivity contribution in [3.05, 3.63) is 47.4 Å². The minimum Gasteiger partial charge on any atom is -0.361 e. The van der Waals surface area contributed by atoms with E-state index in [9.17, 15) is 0 Å². The number of hydrogen-bond acceptors (Lipinski definition) is 1. The monoisotopic (exact) mass is 168 g/mol. The van der Waals surface area contributed by atoms with Gasteiger partial charge in [0.25, 0.3) is 5.82 Å². The van der Waals surface area contributed by atoms with E-state index in [1.54, 1.807) is 0 Å². The van der Waals surface area contributed by atoms with E-state index in [-0.39, 0.29) is 0 Å².